The Morgan fingerprint density at radius 3 is 2.78 bits per heavy atom. The highest BCUT2D eigenvalue weighted by Crippen LogP contribution is 2.39. The lowest BCUT2D eigenvalue weighted by atomic mass is 9.79. The van der Waals surface area contributed by atoms with Crippen molar-refractivity contribution in [2.45, 2.75) is 26.7 Å². The molecule has 0 amide bonds. The van der Waals surface area contributed by atoms with Crippen LogP contribution in [0.2, 0.25) is 0 Å². The molecular weight excluding hydrogens is 218 g/mol. The van der Waals surface area contributed by atoms with Crippen LogP contribution in [0.4, 0.5) is 0 Å². The van der Waals surface area contributed by atoms with Crippen molar-refractivity contribution in [2.75, 3.05) is 20.1 Å². The van der Waals surface area contributed by atoms with Crippen molar-refractivity contribution in [3.8, 4) is 0 Å². The van der Waals surface area contributed by atoms with E-state index in [1.165, 1.54) is 37.1 Å². The van der Waals surface area contributed by atoms with Crippen LogP contribution in [-0.2, 0) is 6.42 Å². The van der Waals surface area contributed by atoms with Gasteiger partial charge in [0.2, 0.25) is 0 Å². The molecule has 1 aromatic carbocycles. The van der Waals surface area contributed by atoms with E-state index >= 15 is 0 Å². The minimum Gasteiger partial charge on any atom is -0.306 e. The zero-order valence-corrected chi connectivity index (χ0v) is 11.7. The van der Waals surface area contributed by atoms with Gasteiger partial charge >= 0.3 is 0 Å². The number of piperidine rings is 1. The van der Waals surface area contributed by atoms with Gasteiger partial charge in [0.1, 0.15) is 0 Å². The summed E-state index contributed by atoms with van der Waals surface area (Å²) in [4.78, 5) is 2.50. The Kier molecular flexibility index (Phi) is 3.03. The van der Waals surface area contributed by atoms with E-state index in [0.717, 1.165) is 11.8 Å². The van der Waals surface area contributed by atoms with Crippen LogP contribution < -0.4 is 0 Å². The molecule has 2 aliphatic rings. The maximum absolute atomic E-state index is 2.50. The van der Waals surface area contributed by atoms with Gasteiger partial charge in [-0.15, -0.1) is 0 Å². The molecule has 0 saturated carbocycles. The normalized spacial score (nSPS) is 28.6. The fourth-order valence-corrected chi connectivity index (χ4v) is 3.83. The molecule has 0 bridgehead atoms. The lowest BCUT2D eigenvalue weighted by Gasteiger charge is -2.37. The van der Waals surface area contributed by atoms with Crippen LogP contribution in [-0.4, -0.2) is 25.0 Å². The number of nitrogens with zero attached hydrogens (tertiary/aromatic N) is 1. The van der Waals surface area contributed by atoms with Gasteiger partial charge in [-0.25, -0.2) is 0 Å². The second-order valence-electron chi connectivity index (χ2n) is 6.09. The summed E-state index contributed by atoms with van der Waals surface area (Å²) in [5.41, 5.74) is 6.21. The first-order valence-electron chi connectivity index (χ1n) is 7.11. The summed E-state index contributed by atoms with van der Waals surface area (Å²) in [7, 11) is 2.26. The molecule has 1 aliphatic heterocycles. The van der Waals surface area contributed by atoms with Crippen LogP contribution in [0.1, 0.15) is 31.4 Å². The van der Waals surface area contributed by atoms with Crippen molar-refractivity contribution in [1.82, 2.24) is 4.90 Å². The standard InChI is InChI=1S/C17H23N/c1-12-13(2)17-8-9-18(3)11-15(17)10-14-6-4-5-7-16(12)14/h4-7,15,17H,8-11H2,1-3H3/t15-,17+/m0/s1. The maximum Gasteiger partial charge on any atom is 0.00155 e. The van der Waals surface area contributed by atoms with Gasteiger partial charge in [0.05, 0.1) is 0 Å². The van der Waals surface area contributed by atoms with E-state index in [4.69, 9.17) is 0 Å². The summed E-state index contributed by atoms with van der Waals surface area (Å²) in [5.74, 6) is 1.61. The monoisotopic (exact) mass is 241 g/mol. The number of allylic oxidation sites excluding steroid dienone is 2. The second-order valence-corrected chi connectivity index (χ2v) is 6.09. The van der Waals surface area contributed by atoms with E-state index in [1.54, 1.807) is 11.1 Å². The lowest BCUT2D eigenvalue weighted by molar-refractivity contribution is 0.164. The summed E-state index contributed by atoms with van der Waals surface area (Å²) < 4.78 is 0. The van der Waals surface area contributed by atoms with Crippen molar-refractivity contribution >= 4 is 5.57 Å². The van der Waals surface area contributed by atoms with Crippen molar-refractivity contribution in [1.29, 1.82) is 0 Å². The molecule has 0 radical (unpaired) electrons. The van der Waals surface area contributed by atoms with E-state index < -0.39 is 0 Å². The number of likely N-dealkylation sites (tertiary alicyclic amines) is 1. The van der Waals surface area contributed by atoms with E-state index in [1.807, 2.05) is 0 Å². The summed E-state index contributed by atoms with van der Waals surface area (Å²) in [5, 5.41) is 0. The maximum atomic E-state index is 2.50. The van der Waals surface area contributed by atoms with Gasteiger partial charge in [0.25, 0.3) is 0 Å². The third-order valence-electron chi connectivity index (χ3n) is 4.99. The fraction of sp³-hybridized carbons (Fsp3) is 0.529. The Labute approximate surface area is 111 Å². The first kappa shape index (κ1) is 12.0. The summed E-state index contributed by atoms with van der Waals surface area (Å²) >= 11 is 0. The topological polar surface area (TPSA) is 3.24 Å². The summed E-state index contributed by atoms with van der Waals surface area (Å²) in [6.45, 7) is 7.18. The van der Waals surface area contributed by atoms with Crippen molar-refractivity contribution in [3.05, 3.63) is 41.0 Å². The Hall–Kier alpha value is -1.08. The van der Waals surface area contributed by atoms with Crippen LogP contribution in [0.3, 0.4) is 0 Å². The number of hydrogen-bond donors (Lipinski definition) is 0. The SMILES string of the molecule is CC1=C(C)[C@H]2CCN(C)C[C@@H]2Cc2ccccc21. The molecule has 18 heavy (non-hydrogen) atoms. The molecule has 1 aliphatic carbocycles. The molecule has 2 atom stereocenters. The number of fused-ring (bicyclic) bond motifs is 2. The molecule has 1 aromatic rings. The highest BCUT2D eigenvalue weighted by molar-refractivity contribution is 5.70. The van der Waals surface area contributed by atoms with Gasteiger partial charge in [-0.05, 0) is 68.8 Å². The molecule has 1 saturated heterocycles. The van der Waals surface area contributed by atoms with Gasteiger partial charge in [-0.1, -0.05) is 29.8 Å². The Balaban J connectivity index is 2.06. The van der Waals surface area contributed by atoms with E-state index in [9.17, 15) is 0 Å². The number of benzene rings is 1. The third-order valence-corrected chi connectivity index (χ3v) is 4.99. The lowest BCUT2D eigenvalue weighted by Crippen LogP contribution is -2.39. The smallest absolute Gasteiger partial charge is 0.00155 e. The minimum absolute atomic E-state index is 0.800. The highest BCUT2D eigenvalue weighted by atomic mass is 15.1. The Morgan fingerprint density at radius 1 is 1.17 bits per heavy atom. The molecule has 0 aromatic heterocycles. The quantitative estimate of drug-likeness (QED) is 0.671. The van der Waals surface area contributed by atoms with Crippen LogP contribution in [0, 0.1) is 11.8 Å². The fourth-order valence-electron chi connectivity index (χ4n) is 3.83. The van der Waals surface area contributed by atoms with E-state index in [0.29, 0.717) is 0 Å². The summed E-state index contributed by atoms with van der Waals surface area (Å²) in [6.07, 6.45) is 2.58. The van der Waals surface area contributed by atoms with Gasteiger partial charge in [0.15, 0.2) is 0 Å². The Bertz CT molecular complexity index is 486. The van der Waals surface area contributed by atoms with Crippen LogP contribution in [0.25, 0.3) is 5.57 Å². The van der Waals surface area contributed by atoms with Crippen molar-refractivity contribution < 1.29 is 0 Å². The second kappa shape index (κ2) is 4.55. The van der Waals surface area contributed by atoms with Gasteiger partial charge in [0, 0.05) is 6.54 Å². The minimum atomic E-state index is 0.800. The van der Waals surface area contributed by atoms with Crippen LogP contribution >= 0.6 is 0 Å². The zero-order valence-electron chi connectivity index (χ0n) is 11.7. The largest absolute Gasteiger partial charge is 0.306 e. The molecule has 1 fully saturated rings. The molecule has 1 nitrogen and oxygen atoms in total. The van der Waals surface area contributed by atoms with Gasteiger partial charge in [-0.3, -0.25) is 0 Å². The first-order chi connectivity index (χ1) is 8.66. The molecule has 1 heteroatoms. The van der Waals surface area contributed by atoms with Crippen molar-refractivity contribution in [2.24, 2.45) is 11.8 Å². The molecule has 3 rings (SSSR count). The highest BCUT2D eigenvalue weighted by Gasteiger charge is 2.32. The predicted octanol–water partition coefficient (Wildman–Crippen LogP) is 3.60. The average Bonchev–Trinajstić information content (AvgIpc) is 2.47. The molecule has 0 unspecified atom stereocenters. The van der Waals surface area contributed by atoms with E-state index in [2.05, 4.69) is 50.1 Å². The molecule has 1 heterocycles. The zero-order chi connectivity index (χ0) is 12.7. The molecular formula is C17H23N. The van der Waals surface area contributed by atoms with Crippen LogP contribution in [0.15, 0.2) is 29.8 Å². The number of hydrogen-bond acceptors (Lipinski definition) is 1. The predicted molar refractivity (Wildman–Crippen MR) is 77.5 cm³/mol. The average molecular weight is 241 g/mol. The molecule has 96 valence electrons. The Morgan fingerprint density at radius 2 is 1.94 bits per heavy atom. The first-order valence-corrected chi connectivity index (χ1v) is 7.11. The van der Waals surface area contributed by atoms with Gasteiger partial charge in [-0.2, -0.15) is 0 Å². The summed E-state index contributed by atoms with van der Waals surface area (Å²) in [6, 6.07) is 8.99. The third kappa shape index (κ3) is 1.91. The van der Waals surface area contributed by atoms with Gasteiger partial charge < -0.3 is 4.90 Å². The van der Waals surface area contributed by atoms with E-state index in [-0.39, 0.29) is 0 Å². The molecule has 0 spiro atoms. The van der Waals surface area contributed by atoms with Crippen LogP contribution in [0.5, 0.6) is 0 Å². The van der Waals surface area contributed by atoms with Crippen molar-refractivity contribution in [3.63, 3.8) is 0 Å². The number of rotatable bonds is 0. The molecule has 0 N–H and O–H groups in total.